The summed E-state index contributed by atoms with van der Waals surface area (Å²) < 4.78 is 18.7. The van der Waals surface area contributed by atoms with Gasteiger partial charge in [0.15, 0.2) is 0 Å². The molecule has 94 valence electrons. The Kier molecular flexibility index (Phi) is 4.27. The molecule has 0 saturated heterocycles. The van der Waals surface area contributed by atoms with Crippen molar-refractivity contribution in [2.24, 2.45) is 5.92 Å². The van der Waals surface area contributed by atoms with E-state index in [0.717, 1.165) is 12.0 Å². The molecule has 1 atom stereocenters. The van der Waals surface area contributed by atoms with Gasteiger partial charge >= 0.3 is 5.97 Å². The van der Waals surface area contributed by atoms with E-state index >= 15 is 0 Å². The van der Waals surface area contributed by atoms with Gasteiger partial charge in [-0.25, -0.2) is 9.18 Å². The Bertz CT molecular complexity index is 397. The molecule has 0 spiro atoms. The minimum atomic E-state index is -2.08. The van der Waals surface area contributed by atoms with E-state index in [2.05, 4.69) is 18.6 Å². The number of halogens is 1. The van der Waals surface area contributed by atoms with Crippen molar-refractivity contribution in [3.05, 3.63) is 35.4 Å². The Hall–Kier alpha value is -1.38. The van der Waals surface area contributed by atoms with Crippen LogP contribution in [0.25, 0.3) is 0 Å². The minimum absolute atomic E-state index is 0.350. The van der Waals surface area contributed by atoms with E-state index in [1.807, 2.05) is 6.07 Å². The summed E-state index contributed by atoms with van der Waals surface area (Å²) in [5.41, 5.74) is -0.699. The van der Waals surface area contributed by atoms with Gasteiger partial charge in [-0.2, -0.15) is 0 Å². The van der Waals surface area contributed by atoms with Gasteiger partial charge in [0.1, 0.15) is 0 Å². The van der Waals surface area contributed by atoms with Crippen LogP contribution in [-0.2, 0) is 21.6 Å². The van der Waals surface area contributed by atoms with Crippen LogP contribution < -0.4 is 0 Å². The fraction of sp³-hybridized carbons (Fsp3) is 0.500. The van der Waals surface area contributed by atoms with Crippen LogP contribution in [0.3, 0.4) is 0 Å². The number of ether oxygens (including phenoxy) is 1. The van der Waals surface area contributed by atoms with Crippen molar-refractivity contribution < 1.29 is 13.9 Å². The molecule has 1 rings (SSSR count). The summed E-state index contributed by atoms with van der Waals surface area (Å²) in [6, 6.07) is 7.06. The fourth-order valence-corrected chi connectivity index (χ4v) is 1.77. The van der Waals surface area contributed by atoms with Crippen molar-refractivity contribution in [2.75, 3.05) is 7.11 Å². The molecular formula is C14H19FO2. The zero-order valence-corrected chi connectivity index (χ0v) is 10.8. The van der Waals surface area contributed by atoms with Crippen molar-refractivity contribution >= 4 is 5.97 Å². The van der Waals surface area contributed by atoms with Crippen molar-refractivity contribution in [2.45, 2.75) is 32.9 Å². The first-order chi connectivity index (χ1) is 7.87. The van der Waals surface area contributed by atoms with Gasteiger partial charge in [-0.1, -0.05) is 38.1 Å². The van der Waals surface area contributed by atoms with Crippen molar-refractivity contribution in [1.82, 2.24) is 0 Å². The topological polar surface area (TPSA) is 26.3 Å². The van der Waals surface area contributed by atoms with Crippen LogP contribution >= 0.6 is 0 Å². The Morgan fingerprint density at radius 2 is 2.12 bits per heavy atom. The lowest BCUT2D eigenvalue weighted by atomic mass is 9.93. The van der Waals surface area contributed by atoms with Gasteiger partial charge in [0, 0.05) is 5.56 Å². The number of methoxy groups -OCH3 is 1. The van der Waals surface area contributed by atoms with Gasteiger partial charge in [0.2, 0.25) is 5.67 Å². The minimum Gasteiger partial charge on any atom is -0.466 e. The number of esters is 1. The molecule has 0 aliphatic heterocycles. The Morgan fingerprint density at radius 3 is 2.65 bits per heavy atom. The molecule has 1 aromatic carbocycles. The monoisotopic (exact) mass is 238 g/mol. The van der Waals surface area contributed by atoms with E-state index in [1.165, 1.54) is 14.0 Å². The average molecular weight is 238 g/mol. The number of carbonyl (C=O) groups is 1. The molecule has 0 aliphatic rings. The molecule has 0 radical (unpaired) electrons. The highest BCUT2D eigenvalue weighted by atomic mass is 19.1. The molecular weight excluding hydrogens is 219 g/mol. The number of alkyl halides is 1. The van der Waals surface area contributed by atoms with Crippen molar-refractivity contribution in [3.8, 4) is 0 Å². The first kappa shape index (κ1) is 13.7. The summed E-state index contributed by atoms with van der Waals surface area (Å²) in [6.45, 7) is 5.43. The largest absolute Gasteiger partial charge is 0.466 e. The van der Waals surface area contributed by atoms with Crippen molar-refractivity contribution in [1.29, 1.82) is 0 Å². The number of rotatable bonds is 4. The molecule has 3 heteroatoms. The van der Waals surface area contributed by atoms with Gasteiger partial charge in [-0.3, -0.25) is 0 Å². The second-order valence-electron chi connectivity index (χ2n) is 4.79. The molecule has 0 aliphatic carbocycles. The first-order valence-electron chi connectivity index (χ1n) is 5.74. The van der Waals surface area contributed by atoms with Crippen LogP contribution in [0.5, 0.6) is 0 Å². The van der Waals surface area contributed by atoms with Gasteiger partial charge in [-0.05, 0) is 24.8 Å². The molecule has 0 heterocycles. The third-order valence-corrected chi connectivity index (χ3v) is 2.68. The maximum absolute atomic E-state index is 14.3. The third-order valence-electron chi connectivity index (χ3n) is 2.68. The lowest BCUT2D eigenvalue weighted by Gasteiger charge is -2.18. The van der Waals surface area contributed by atoms with E-state index in [4.69, 9.17) is 0 Å². The van der Waals surface area contributed by atoms with Gasteiger partial charge < -0.3 is 4.74 Å². The standard InChI is InChI=1S/C14H19FO2/c1-10(2)8-11-6-5-7-12(9-11)14(3,15)13(16)17-4/h5-7,9-10H,8H2,1-4H3. The Balaban J connectivity index is 3.02. The lowest BCUT2D eigenvalue weighted by molar-refractivity contribution is -0.154. The van der Waals surface area contributed by atoms with E-state index in [-0.39, 0.29) is 0 Å². The highest BCUT2D eigenvalue weighted by molar-refractivity contribution is 5.80. The number of hydrogen-bond donors (Lipinski definition) is 0. The van der Waals surface area contributed by atoms with Gasteiger partial charge in [0.25, 0.3) is 0 Å². The smallest absolute Gasteiger partial charge is 0.348 e. The Labute approximate surface area is 102 Å². The van der Waals surface area contributed by atoms with E-state index in [1.54, 1.807) is 18.2 Å². The maximum Gasteiger partial charge on any atom is 0.348 e. The van der Waals surface area contributed by atoms with E-state index in [0.29, 0.717) is 11.5 Å². The molecule has 1 unspecified atom stereocenters. The molecule has 0 aromatic heterocycles. The summed E-state index contributed by atoms with van der Waals surface area (Å²) in [4.78, 5) is 11.4. The van der Waals surface area contributed by atoms with Gasteiger partial charge in [-0.15, -0.1) is 0 Å². The van der Waals surface area contributed by atoms with Crippen LogP contribution in [0.2, 0.25) is 0 Å². The molecule has 1 aromatic rings. The van der Waals surface area contributed by atoms with E-state index in [9.17, 15) is 9.18 Å². The van der Waals surface area contributed by atoms with Gasteiger partial charge in [0.05, 0.1) is 7.11 Å². The Morgan fingerprint density at radius 1 is 1.47 bits per heavy atom. The zero-order chi connectivity index (χ0) is 13.1. The molecule has 0 saturated carbocycles. The number of benzene rings is 1. The molecule has 0 bridgehead atoms. The highest BCUT2D eigenvalue weighted by Crippen LogP contribution is 2.28. The quantitative estimate of drug-likeness (QED) is 0.753. The normalized spacial score (nSPS) is 14.5. The van der Waals surface area contributed by atoms with E-state index < -0.39 is 11.6 Å². The van der Waals surface area contributed by atoms with Crippen LogP contribution in [0, 0.1) is 5.92 Å². The molecule has 0 N–H and O–H groups in total. The molecule has 0 amide bonds. The van der Waals surface area contributed by atoms with Crippen LogP contribution in [-0.4, -0.2) is 13.1 Å². The van der Waals surface area contributed by atoms with Crippen LogP contribution in [0.1, 0.15) is 31.9 Å². The molecule has 17 heavy (non-hydrogen) atoms. The maximum atomic E-state index is 14.3. The van der Waals surface area contributed by atoms with Crippen LogP contribution in [0.4, 0.5) is 4.39 Å². The summed E-state index contributed by atoms with van der Waals surface area (Å²) in [5.74, 6) is -0.367. The predicted molar refractivity (Wildman–Crippen MR) is 65.5 cm³/mol. The second kappa shape index (κ2) is 5.30. The summed E-state index contributed by atoms with van der Waals surface area (Å²) in [7, 11) is 1.19. The predicted octanol–water partition coefficient (Wildman–Crippen LogP) is 3.24. The SMILES string of the molecule is COC(=O)C(C)(F)c1cccc(CC(C)C)c1. The number of carbonyl (C=O) groups excluding carboxylic acids is 1. The summed E-state index contributed by atoms with van der Waals surface area (Å²) in [6.07, 6.45) is 0.866. The fourth-order valence-electron chi connectivity index (χ4n) is 1.77. The average Bonchev–Trinajstić information content (AvgIpc) is 2.27. The highest BCUT2D eigenvalue weighted by Gasteiger charge is 2.36. The third kappa shape index (κ3) is 3.29. The zero-order valence-electron chi connectivity index (χ0n) is 10.8. The molecule has 0 fully saturated rings. The number of hydrogen-bond acceptors (Lipinski definition) is 2. The summed E-state index contributed by atoms with van der Waals surface area (Å²) in [5, 5.41) is 0. The van der Waals surface area contributed by atoms with Crippen molar-refractivity contribution in [3.63, 3.8) is 0 Å². The summed E-state index contributed by atoms with van der Waals surface area (Å²) >= 11 is 0. The molecule has 2 nitrogen and oxygen atoms in total. The second-order valence-corrected chi connectivity index (χ2v) is 4.79. The van der Waals surface area contributed by atoms with Crippen LogP contribution in [0.15, 0.2) is 24.3 Å². The first-order valence-corrected chi connectivity index (χ1v) is 5.74. The lowest BCUT2D eigenvalue weighted by Crippen LogP contribution is -2.28.